The molecule has 0 aliphatic rings. The van der Waals surface area contributed by atoms with Gasteiger partial charge in [0.25, 0.3) is 11.5 Å². The molecule has 0 aliphatic heterocycles. The lowest BCUT2D eigenvalue weighted by Gasteiger charge is -2.14. The molecular formula is C19H34N6O11. The minimum absolute atomic E-state index is 0.133. The SMILES string of the molecule is CC(=O)Nc1c(O)nc[nH]c1=O.CC(=O)O.CCOC(=O)C(NC(C)=O)C(=O)OCC.CO.N=CN. The Labute approximate surface area is 206 Å². The van der Waals surface area contributed by atoms with Crippen LogP contribution in [0.2, 0.25) is 0 Å². The molecule has 2 amide bonds. The molecule has 0 aromatic carbocycles. The predicted octanol–water partition coefficient (Wildman–Crippen LogP) is -1.70. The van der Waals surface area contributed by atoms with Crippen LogP contribution in [-0.2, 0) is 33.4 Å². The zero-order valence-corrected chi connectivity index (χ0v) is 20.8. The van der Waals surface area contributed by atoms with Gasteiger partial charge in [0.05, 0.1) is 25.9 Å². The number of carbonyl (C=O) groups excluding carboxylic acids is 4. The number of aromatic amines is 1. The van der Waals surface area contributed by atoms with E-state index in [0.29, 0.717) is 0 Å². The summed E-state index contributed by atoms with van der Waals surface area (Å²) in [5.41, 5.74) is 3.57. The molecule has 17 nitrogen and oxygen atoms in total. The van der Waals surface area contributed by atoms with Crippen molar-refractivity contribution in [1.82, 2.24) is 15.3 Å². The second-order valence-electron chi connectivity index (χ2n) is 5.43. The van der Waals surface area contributed by atoms with Gasteiger partial charge in [0.15, 0.2) is 5.69 Å². The van der Waals surface area contributed by atoms with Crippen molar-refractivity contribution in [3.05, 3.63) is 16.7 Å². The van der Waals surface area contributed by atoms with Crippen molar-refractivity contribution in [3.63, 3.8) is 0 Å². The minimum Gasteiger partial charge on any atom is -0.492 e. The zero-order chi connectivity index (χ0) is 29.3. The summed E-state index contributed by atoms with van der Waals surface area (Å²) in [4.78, 5) is 69.3. The van der Waals surface area contributed by atoms with Gasteiger partial charge in [-0.15, -0.1) is 0 Å². The number of carboxylic acid groups (broad SMARTS) is 1. The van der Waals surface area contributed by atoms with Crippen LogP contribution in [0.3, 0.4) is 0 Å². The third kappa shape index (κ3) is 24.1. The van der Waals surface area contributed by atoms with Crippen LogP contribution in [0.15, 0.2) is 11.1 Å². The van der Waals surface area contributed by atoms with Gasteiger partial charge in [-0.1, -0.05) is 0 Å². The van der Waals surface area contributed by atoms with Gasteiger partial charge in [-0.05, 0) is 13.8 Å². The Kier molecular flexibility index (Phi) is 27.0. The number of carbonyl (C=O) groups is 5. The molecule has 1 aromatic rings. The van der Waals surface area contributed by atoms with Crippen molar-refractivity contribution in [2.24, 2.45) is 5.73 Å². The third-order valence-electron chi connectivity index (χ3n) is 2.53. The first-order valence-electron chi connectivity index (χ1n) is 9.78. The molecule has 9 N–H and O–H groups in total. The van der Waals surface area contributed by atoms with Crippen LogP contribution in [0, 0.1) is 5.41 Å². The van der Waals surface area contributed by atoms with Crippen LogP contribution < -0.4 is 21.9 Å². The number of H-pyrrole nitrogens is 1. The molecule has 0 spiro atoms. The Morgan fingerprint density at radius 3 is 1.75 bits per heavy atom. The average molecular weight is 523 g/mol. The molecule has 0 aliphatic carbocycles. The molecule has 0 atom stereocenters. The Balaban J connectivity index is -0.000000216. The number of hydrogen-bond acceptors (Lipinski definition) is 12. The van der Waals surface area contributed by atoms with E-state index in [4.69, 9.17) is 25.5 Å². The normalized spacial score (nSPS) is 8.33. The number of hydrogen-bond donors (Lipinski definition) is 8. The molecule has 0 saturated carbocycles. The van der Waals surface area contributed by atoms with Crippen LogP contribution >= 0.6 is 0 Å². The quantitative estimate of drug-likeness (QED) is 0.0895. The van der Waals surface area contributed by atoms with Gasteiger partial charge in [0.2, 0.25) is 23.7 Å². The van der Waals surface area contributed by atoms with Gasteiger partial charge < -0.3 is 46.1 Å². The number of anilines is 1. The topological polar surface area (TPSA) is 284 Å². The van der Waals surface area contributed by atoms with Crippen molar-refractivity contribution in [1.29, 1.82) is 5.41 Å². The fourth-order valence-electron chi connectivity index (χ4n) is 1.55. The first-order valence-corrected chi connectivity index (χ1v) is 9.78. The highest BCUT2D eigenvalue weighted by Crippen LogP contribution is 2.11. The highest BCUT2D eigenvalue weighted by Gasteiger charge is 2.30. The molecule has 0 radical (unpaired) electrons. The van der Waals surface area contributed by atoms with E-state index in [0.717, 1.165) is 26.7 Å². The van der Waals surface area contributed by atoms with E-state index >= 15 is 0 Å². The number of aromatic nitrogens is 2. The number of amides is 2. The second-order valence-corrected chi connectivity index (χ2v) is 5.43. The summed E-state index contributed by atoms with van der Waals surface area (Å²) >= 11 is 0. The molecule has 206 valence electrons. The van der Waals surface area contributed by atoms with Gasteiger partial charge in [-0.25, -0.2) is 14.6 Å². The average Bonchev–Trinajstić information content (AvgIpc) is 2.77. The summed E-state index contributed by atoms with van der Waals surface area (Å²) in [5.74, 6) is -3.89. The highest BCUT2D eigenvalue weighted by atomic mass is 16.6. The fourth-order valence-corrected chi connectivity index (χ4v) is 1.55. The smallest absolute Gasteiger partial charge is 0.340 e. The van der Waals surface area contributed by atoms with Crippen LogP contribution in [0.5, 0.6) is 5.88 Å². The zero-order valence-electron chi connectivity index (χ0n) is 20.8. The van der Waals surface area contributed by atoms with Gasteiger partial charge in [-0.2, -0.15) is 0 Å². The van der Waals surface area contributed by atoms with E-state index in [-0.39, 0.29) is 18.9 Å². The summed E-state index contributed by atoms with van der Waals surface area (Å²) in [7, 11) is 1.00. The second kappa shape index (κ2) is 25.1. The van der Waals surface area contributed by atoms with E-state index in [9.17, 15) is 24.0 Å². The number of nitrogens with zero attached hydrogens (tertiary/aromatic N) is 1. The van der Waals surface area contributed by atoms with E-state index in [1.54, 1.807) is 13.8 Å². The maximum absolute atomic E-state index is 11.3. The van der Waals surface area contributed by atoms with Crippen LogP contribution in [0.25, 0.3) is 0 Å². The van der Waals surface area contributed by atoms with E-state index in [1.165, 1.54) is 13.8 Å². The standard InChI is InChI=1S/C9H15NO5.C6H7N3O3.C2H4O2.CH4N2.CH4O/c1-4-14-8(12)7(10-6(3)11)9(13)15-5-2;1-3(10)9-4-5(11)7-2-8-6(4)12;1-2(3)4;2-1-3;1-2/h7H,4-5H2,1-3H3,(H,10,11);2H,1H3,(H,9,10)(H2,7,8,11,12);1H3,(H,3,4);1H,(H3,2,3);2H,1H3. The summed E-state index contributed by atoms with van der Waals surface area (Å²) in [5, 5.41) is 33.6. The van der Waals surface area contributed by atoms with Gasteiger partial charge in [-0.3, -0.25) is 24.6 Å². The van der Waals surface area contributed by atoms with E-state index in [1.807, 2.05) is 0 Å². The van der Waals surface area contributed by atoms with Crippen molar-refractivity contribution in [3.8, 4) is 5.88 Å². The Morgan fingerprint density at radius 2 is 1.47 bits per heavy atom. The molecule has 1 rings (SSSR count). The molecule has 36 heavy (non-hydrogen) atoms. The van der Waals surface area contributed by atoms with Gasteiger partial charge >= 0.3 is 11.9 Å². The summed E-state index contributed by atoms with van der Waals surface area (Å²) in [6.45, 7) is 6.99. The number of nitrogens with one attached hydrogen (secondary N) is 4. The molecule has 17 heteroatoms. The lowest BCUT2D eigenvalue weighted by Crippen LogP contribution is -2.47. The van der Waals surface area contributed by atoms with Gasteiger partial charge in [0, 0.05) is 27.9 Å². The fraction of sp³-hybridized carbons (Fsp3) is 0.474. The predicted molar refractivity (Wildman–Crippen MR) is 126 cm³/mol. The maximum atomic E-state index is 11.3. The van der Waals surface area contributed by atoms with Crippen LogP contribution in [0.1, 0.15) is 34.6 Å². The van der Waals surface area contributed by atoms with Crippen molar-refractivity contribution >= 4 is 41.7 Å². The molecule has 1 heterocycles. The van der Waals surface area contributed by atoms with Gasteiger partial charge in [0.1, 0.15) is 0 Å². The Bertz CT molecular complexity index is 852. The first-order chi connectivity index (χ1) is 16.8. The molecule has 0 saturated heterocycles. The molecular weight excluding hydrogens is 488 g/mol. The van der Waals surface area contributed by atoms with E-state index in [2.05, 4.69) is 35.8 Å². The number of aliphatic carboxylic acids is 1. The molecule has 0 unspecified atom stereocenters. The minimum atomic E-state index is -1.37. The van der Waals surface area contributed by atoms with Crippen molar-refractivity contribution in [2.45, 2.75) is 40.7 Å². The van der Waals surface area contributed by atoms with E-state index < -0.39 is 47.2 Å². The highest BCUT2D eigenvalue weighted by molar-refractivity contribution is 6.02. The van der Waals surface area contributed by atoms with Crippen molar-refractivity contribution < 1.29 is 48.8 Å². The summed E-state index contributed by atoms with van der Waals surface area (Å²) in [6.07, 6.45) is 1.79. The van der Waals surface area contributed by atoms with Crippen LogP contribution in [0.4, 0.5) is 5.69 Å². The number of aliphatic hydroxyl groups excluding tert-OH is 1. The number of aromatic hydroxyl groups is 1. The maximum Gasteiger partial charge on any atom is 0.340 e. The lowest BCUT2D eigenvalue weighted by atomic mass is 10.3. The number of esters is 2. The number of rotatable bonds is 6. The Morgan fingerprint density at radius 1 is 1.08 bits per heavy atom. The van der Waals surface area contributed by atoms with Crippen LogP contribution in [-0.4, -0.2) is 87.7 Å². The monoisotopic (exact) mass is 522 g/mol. The number of ether oxygens (including phenoxy) is 2. The number of aliphatic hydroxyl groups is 1. The Hall–Kier alpha value is -4.54. The third-order valence-corrected chi connectivity index (χ3v) is 2.53. The number of nitrogens with two attached hydrogens (primary N) is 1. The number of carboxylic acids is 1. The summed E-state index contributed by atoms with van der Waals surface area (Å²) in [6, 6.07) is -1.37. The molecule has 0 fully saturated rings. The largest absolute Gasteiger partial charge is 0.492 e. The first kappa shape index (κ1) is 38.7. The molecule has 0 bridgehead atoms. The molecule has 1 aromatic heterocycles. The summed E-state index contributed by atoms with van der Waals surface area (Å²) < 4.78 is 9.24. The lowest BCUT2D eigenvalue weighted by molar-refractivity contribution is -0.159. The van der Waals surface area contributed by atoms with Crippen molar-refractivity contribution in [2.75, 3.05) is 25.6 Å².